The summed E-state index contributed by atoms with van der Waals surface area (Å²) in [7, 11) is 0. The van der Waals surface area contributed by atoms with Gasteiger partial charge in [0.15, 0.2) is 11.5 Å². The first-order chi connectivity index (χ1) is 11.6. The Labute approximate surface area is 143 Å². The molecule has 1 aromatic heterocycles. The zero-order chi connectivity index (χ0) is 16.7. The van der Waals surface area contributed by atoms with Gasteiger partial charge in [-0.3, -0.25) is 4.79 Å². The fourth-order valence-corrected chi connectivity index (χ4v) is 3.86. The molecular formula is C17H18N2O4S. The van der Waals surface area contributed by atoms with E-state index in [9.17, 15) is 9.90 Å². The molecule has 2 aromatic rings. The van der Waals surface area contributed by atoms with Crippen LogP contribution >= 0.6 is 11.3 Å². The molecule has 1 saturated heterocycles. The molecule has 0 radical (unpaired) electrons. The smallest absolute Gasteiger partial charge is 0.273 e. The summed E-state index contributed by atoms with van der Waals surface area (Å²) in [5.41, 5.74) is 1.48. The van der Waals surface area contributed by atoms with Gasteiger partial charge in [0.1, 0.15) is 5.69 Å². The van der Waals surface area contributed by atoms with E-state index in [2.05, 4.69) is 4.98 Å². The van der Waals surface area contributed by atoms with Gasteiger partial charge < -0.3 is 19.5 Å². The third-order valence-electron chi connectivity index (χ3n) is 4.53. The number of carbonyl (C=O) groups is 1. The van der Waals surface area contributed by atoms with Crippen molar-refractivity contribution in [3.63, 3.8) is 0 Å². The molecule has 1 N–H and O–H groups in total. The molecule has 4 rings (SSSR count). The standard InChI is InChI=1S/C17H18N2O4S/c1-10-18-13(8-24-10)17(21)19-5-4-12(14(20)7-19)11-2-3-15-16(6-11)23-9-22-15/h2-3,6,8,12,14,20H,4-5,7,9H2,1H3/t12-,14+/m0/s1. The molecule has 1 amide bonds. The number of rotatable bonds is 2. The highest BCUT2D eigenvalue weighted by atomic mass is 32.1. The molecule has 24 heavy (non-hydrogen) atoms. The number of hydrogen-bond acceptors (Lipinski definition) is 6. The Morgan fingerprint density at radius 3 is 2.96 bits per heavy atom. The van der Waals surface area contributed by atoms with Crippen LogP contribution in [0, 0.1) is 6.92 Å². The maximum atomic E-state index is 12.5. The van der Waals surface area contributed by atoms with Crippen LogP contribution < -0.4 is 9.47 Å². The van der Waals surface area contributed by atoms with E-state index >= 15 is 0 Å². The Kier molecular flexibility index (Phi) is 3.90. The number of likely N-dealkylation sites (tertiary alicyclic amines) is 1. The second-order valence-electron chi connectivity index (χ2n) is 6.08. The van der Waals surface area contributed by atoms with Gasteiger partial charge in [-0.15, -0.1) is 11.3 Å². The van der Waals surface area contributed by atoms with Crippen LogP contribution in [0.1, 0.15) is 33.4 Å². The minimum absolute atomic E-state index is 0.0132. The van der Waals surface area contributed by atoms with Crippen molar-refractivity contribution in [1.29, 1.82) is 0 Å². The number of β-amino-alcohol motifs (C(OH)–C–C–N with tert-alkyl or cyclic N) is 1. The number of piperidine rings is 1. The van der Waals surface area contributed by atoms with E-state index in [1.165, 1.54) is 11.3 Å². The summed E-state index contributed by atoms with van der Waals surface area (Å²) in [5.74, 6) is 1.33. The number of thiazole rings is 1. The summed E-state index contributed by atoms with van der Waals surface area (Å²) in [6.07, 6.45) is 0.0955. The van der Waals surface area contributed by atoms with Crippen LogP contribution in [0.4, 0.5) is 0 Å². The van der Waals surface area contributed by atoms with Gasteiger partial charge in [0.25, 0.3) is 5.91 Å². The van der Waals surface area contributed by atoms with Crippen molar-refractivity contribution in [3.05, 3.63) is 39.8 Å². The number of carbonyl (C=O) groups excluding carboxylic acids is 1. The molecule has 0 saturated carbocycles. The molecule has 0 bridgehead atoms. The third-order valence-corrected chi connectivity index (χ3v) is 5.31. The summed E-state index contributed by atoms with van der Waals surface area (Å²) >= 11 is 1.46. The topological polar surface area (TPSA) is 71.9 Å². The maximum absolute atomic E-state index is 12.5. The summed E-state index contributed by atoms with van der Waals surface area (Å²) in [4.78, 5) is 18.4. The van der Waals surface area contributed by atoms with Crippen molar-refractivity contribution in [2.75, 3.05) is 19.9 Å². The fraction of sp³-hybridized carbons (Fsp3) is 0.412. The zero-order valence-corrected chi connectivity index (χ0v) is 14.1. The monoisotopic (exact) mass is 346 g/mol. The molecule has 0 aliphatic carbocycles. The van der Waals surface area contributed by atoms with E-state index in [1.807, 2.05) is 25.1 Å². The van der Waals surface area contributed by atoms with Crippen LogP contribution in [0.2, 0.25) is 0 Å². The highest BCUT2D eigenvalue weighted by molar-refractivity contribution is 7.09. The predicted octanol–water partition coefficient (Wildman–Crippen LogP) is 2.17. The van der Waals surface area contributed by atoms with Crippen molar-refractivity contribution >= 4 is 17.2 Å². The molecule has 6 nitrogen and oxygen atoms in total. The molecule has 2 aliphatic rings. The zero-order valence-electron chi connectivity index (χ0n) is 13.3. The lowest BCUT2D eigenvalue weighted by Crippen LogP contribution is -2.45. The maximum Gasteiger partial charge on any atom is 0.273 e. The van der Waals surface area contributed by atoms with Crippen LogP contribution in [0.15, 0.2) is 23.6 Å². The van der Waals surface area contributed by atoms with Crippen LogP contribution in [0.25, 0.3) is 0 Å². The minimum Gasteiger partial charge on any atom is -0.454 e. The lowest BCUT2D eigenvalue weighted by molar-refractivity contribution is 0.0378. The molecule has 3 heterocycles. The van der Waals surface area contributed by atoms with E-state index in [-0.39, 0.29) is 18.6 Å². The molecule has 1 aromatic carbocycles. The summed E-state index contributed by atoms with van der Waals surface area (Å²) in [5, 5.41) is 13.2. The van der Waals surface area contributed by atoms with Crippen molar-refractivity contribution in [3.8, 4) is 11.5 Å². The highest BCUT2D eigenvalue weighted by Gasteiger charge is 2.33. The Morgan fingerprint density at radius 1 is 1.38 bits per heavy atom. The van der Waals surface area contributed by atoms with Gasteiger partial charge >= 0.3 is 0 Å². The largest absolute Gasteiger partial charge is 0.454 e. The number of aryl methyl sites for hydroxylation is 1. The average Bonchev–Trinajstić information content (AvgIpc) is 3.22. The number of aliphatic hydroxyl groups excluding tert-OH is 1. The fourth-order valence-electron chi connectivity index (χ4n) is 3.27. The Bertz CT molecular complexity index is 776. The van der Waals surface area contributed by atoms with E-state index in [4.69, 9.17) is 9.47 Å². The number of aromatic nitrogens is 1. The lowest BCUT2D eigenvalue weighted by atomic mass is 9.87. The van der Waals surface area contributed by atoms with Crippen molar-refractivity contribution < 1.29 is 19.4 Å². The van der Waals surface area contributed by atoms with E-state index in [0.29, 0.717) is 25.2 Å². The van der Waals surface area contributed by atoms with Crippen molar-refractivity contribution in [2.45, 2.75) is 25.4 Å². The SMILES string of the molecule is Cc1nc(C(=O)N2CC[C@@H](c3ccc4c(c3)OCO4)[C@H](O)C2)cs1. The van der Waals surface area contributed by atoms with Gasteiger partial charge in [-0.25, -0.2) is 4.98 Å². The molecule has 0 spiro atoms. The first kappa shape index (κ1) is 15.4. The molecule has 0 unspecified atom stereocenters. The quantitative estimate of drug-likeness (QED) is 0.902. The van der Waals surface area contributed by atoms with Crippen LogP contribution in [-0.4, -0.2) is 46.9 Å². The van der Waals surface area contributed by atoms with E-state index in [0.717, 1.165) is 22.1 Å². The van der Waals surface area contributed by atoms with Gasteiger partial charge in [-0.2, -0.15) is 0 Å². The number of nitrogens with zero attached hydrogens (tertiary/aromatic N) is 2. The molecular weight excluding hydrogens is 328 g/mol. The molecule has 7 heteroatoms. The second kappa shape index (κ2) is 6.07. The number of amides is 1. The van der Waals surface area contributed by atoms with Crippen molar-refractivity contribution in [2.24, 2.45) is 0 Å². The number of benzene rings is 1. The van der Waals surface area contributed by atoms with E-state index < -0.39 is 6.10 Å². The molecule has 2 aliphatic heterocycles. The summed E-state index contributed by atoms with van der Waals surface area (Å²) in [6.45, 7) is 3.03. The molecule has 126 valence electrons. The average molecular weight is 346 g/mol. The number of ether oxygens (including phenoxy) is 2. The van der Waals surface area contributed by atoms with Crippen LogP contribution in [0.3, 0.4) is 0 Å². The summed E-state index contributed by atoms with van der Waals surface area (Å²) in [6, 6.07) is 5.76. The van der Waals surface area contributed by atoms with E-state index in [1.54, 1.807) is 10.3 Å². The molecule has 1 fully saturated rings. The Balaban J connectivity index is 1.47. The first-order valence-corrected chi connectivity index (χ1v) is 8.79. The minimum atomic E-state index is -0.609. The highest BCUT2D eigenvalue weighted by Crippen LogP contribution is 2.37. The normalized spacial score (nSPS) is 22.7. The Morgan fingerprint density at radius 2 is 2.21 bits per heavy atom. The van der Waals surface area contributed by atoms with Gasteiger partial charge in [0, 0.05) is 24.4 Å². The molecule has 2 atom stereocenters. The number of aliphatic hydroxyl groups is 1. The number of fused-ring (bicyclic) bond motifs is 1. The second-order valence-corrected chi connectivity index (χ2v) is 7.14. The summed E-state index contributed by atoms with van der Waals surface area (Å²) < 4.78 is 10.7. The Hall–Kier alpha value is -2.12. The van der Waals surface area contributed by atoms with Gasteiger partial charge in [0.05, 0.1) is 11.1 Å². The predicted molar refractivity (Wildman–Crippen MR) is 88.7 cm³/mol. The third kappa shape index (κ3) is 2.74. The van der Waals surface area contributed by atoms with Gasteiger partial charge in [-0.05, 0) is 31.0 Å². The number of hydrogen-bond donors (Lipinski definition) is 1. The first-order valence-electron chi connectivity index (χ1n) is 7.91. The lowest BCUT2D eigenvalue weighted by Gasteiger charge is -2.36. The van der Waals surface area contributed by atoms with Crippen molar-refractivity contribution in [1.82, 2.24) is 9.88 Å². The van der Waals surface area contributed by atoms with Gasteiger partial charge in [-0.1, -0.05) is 6.07 Å². The van der Waals surface area contributed by atoms with Crippen LogP contribution in [-0.2, 0) is 0 Å². The van der Waals surface area contributed by atoms with Crippen LogP contribution in [0.5, 0.6) is 11.5 Å². The van der Waals surface area contributed by atoms with Gasteiger partial charge in [0.2, 0.25) is 6.79 Å².